The lowest BCUT2D eigenvalue weighted by Gasteiger charge is -2.45. The minimum atomic E-state index is -0.504. The first-order chi connectivity index (χ1) is 9.91. The van der Waals surface area contributed by atoms with Gasteiger partial charge in [-0.1, -0.05) is 13.8 Å². The molecular formula is C17H34N2O2. The Bertz CT molecular complexity index is 312. The van der Waals surface area contributed by atoms with Crippen molar-refractivity contribution in [2.75, 3.05) is 45.9 Å². The summed E-state index contributed by atoms with van der Waals surface area (Å²) < 4.78 is 5.59. The van der Waals surface area contributed by atoms with Gasteiger partial charge in [0, 0.05) is 32.8 Å². The van der Waals surface area contributed by atoms with E-state index in [0.29, 0.717) is 11.3 Å². The highest BCUT2D eigenvalue weighted by Crippen LogP contribution is 2.33. The molecule has 0 aromatic heterocycles. The van der Waals surface area contributed by atoms with Gasteiger partial charge in [0.05, 0.1) is 5.60 Å². The van der Waals surface area contributed by atoms with Gasteiger partial charge < -0.3 is 15.2 Å². The number of hydrogen-bond donors (Lipinski definition) is 2. The molecule has 1 atom stereocenters. The number of aliphatic hydroxyl groups is 1. The Hall–Kier alpha value is -0.160. The Kier molecular flexibility index (Phi) is 6.06. The van der Waals surface area contributed by atoms with Crippen molar-refractivity contribution >= 4 is 0 Å². The molecule has 0 aliphatic carbocycles. The van der Waals surface area contributed by atoms with Crippen molar-refractivity contribution < 1.29 is 9.84 Å². The number of hydrogen-bond acceptors (Lipinski definition) is 4. The first kappa shape index (κ1) is 17.2. The summed E-state index contributed by atoms with van der Waals surface area (Å²) in [5.74, 6) is 0.692. The third-order valence-electron chi connectivity index (χ3n) is 4.92. The van der Waals surface area contributed by atoms with E-state index in [1.165, 1.54) is 0 Å². The standard InChI is InChI=1S/C17H34N2O2/c1-15(2)11-18-12-17(6-9-21-10-7-17)14-19-8-4-5-16(3,20)13-19/h15,18,20H,4-14H2,1-3H3. The van der Waals surface area contributed by atoms with Crippen LogP contribution < -0.4 is 5.32 Å². The number of piperidine rings is 1. The number of β-amino-alcohol motifs (C(OH)–C–C–N with tert-alkyl or cyclic N) is 1. The number of nitrogens with one attached hydrogen (secondary N) is 1. The normalized spacial score (nSPS) is 30.7. The molecule has 2 fully saturated rings. The van der Waals surface area contributed by atoms with Crippen LogP contribution in [0.5, 0.6) is 0 Å². The van der Waals surface area contributed by atoms with Crippen LogP contribution in [0.15, 0.2) is 0 Å². The van der Waals surface area contributed by atoms with Crippen molar-refractivity contribution in [3.8, 4) is 0 Å². The van der Waals surface area contributed by atoms with Crippen LogP contribution in [0.1, 0.15) is 46.5 Å². The van der Waals surface area contributed by atoms with E-state index in [2.05, 4.69) is 24.1 Å². The van der Waals surface area contributed by atoms with Gasteiger partial charge >= 0.3 is 0 Å². The van der Waals surface area contributed by atoms with E-state index in [9.17, 15) is 5.11 Å². The van der Waals surface area contributed by atoms with Crippen molar-refractivity contribution in [3.05, 3.63) is 0 Å². The van der Waals surface area contributed by atoms with Crippen molar-refractivity contribution in [2.45, 2.75) is 52.1 Å². The molecule has 0 saturated carbocycles. The zero-order chi connectivity index (χ0) is 15.3. The maximum atomic E-state index is 10.3. The smallest absolute Gasteiger partial charge is 0.0746 e. The van der Waals surface area contributed by atoms with Crippen molar-refractivity contribution in [2.24, 2.45) is 11.3 Å². The molecule has 4 nitrogen and oxygen atoms in total. The summed E-state index contributed by atoms with van der Waals surface area (Å²) in [6.07, 6.45) is 4.32. The van der Waals surface area contributed by atoms with E-state index in [4.69, 9.17) is 4.74 Å². The summed E-state index contributed by atoms with van der Waals surface area (Å²) in [5.41, 5.74) is -0.184. The van der Waals surface area contributed by atoms with Gasteiger partial charge in [0.2, 0.25) is 0 Å². The third kappa shape index (κ3) is 5.51. The summed E-state index contributed by atoms with van der Waals surface area (Å²) >= 11 is 0. The highest BCUT2D eigenvalue weighted by Gasteiger charge is 2.37. The molecule has 0 aromatic rings. The molecule has 2 aliphatic rings. The molecule has 0 bridgehead atoms. The molecule has 1 unspecified atom stereocenters. The molecule has 21 heavy (non-hydrogen) atoms. The van der Waals surface area contributed by atoms with Gasteiger partial charge in [-0.15, -0.1) is 0 Å². The Morgan fingerprint density at radius 2 is 1.95 bits per heavy atom. The Labute approximate surface area is 130 Å². The van der Waals surface area contributed by atoms with Crippen molar-refractivity contribution in [1.29, 1.82) is 0 Å². The molecule has 2 rings (SSSR count). The van der Waals surface area contributed by atoms with E-state index >= 15 is 0 Å². The van der Waals surface area contributed by atoms with Gasteiger partial charge in [-0.05, 0) is 57.0 Å². The van der Waals surface area contributed by atoms with Crippen LogP contribution in [-0.4, -0.2) is 61.5 Å². The molecule has 0 amide bonds. The molecule has 2 aliphatic heterocycles. The fraction of sp³-hybridized carbons (Fsp3) is 1.00. The van der Waals surface area contributed by atoms with Crippen LogP contribution >= 0.6 is 0 Å². The molecule has 0 aromatic carbocycles. The number of nitrogens with zero attached hydrogens (tertiary/aromatic N) is 1. The second-order valence-electron chi connectivity index (χ2n) is 7.95. The lowest BCUT2D eigenvalue weighted by atomic mass is 9.78. The van der Waals surface area contributed by atoms with E-state index in [1.807, 2.05) is 6.92 Å². The fourth-order valence-electron chi connectivity index (χ4n) is 3.75. The van der Waals surface area contributed by atoms with Crippen molar-refractivity contribution in [1.82, 2.24) is 10.2 Å². The predicted molar refractivity (Wildman–Crippen MR) is 86.5 cm³/mol. The first-order valence-corrected chi connectivity index (χ1v) is 8.64. The molecular weight excluding hydrogens is 264 g/mol. The lowest BCUT2D eigenvalue weighted by Crippen LogP contribution is -2.53. The second kappa shape index (κ2) is 7.40. The fourth-order valence-corrected chi connectivity index (χ4v) is 3.75. The van der Waals surface area contributed by atoms with Gasteiger partial charge in [-0.2, -0.15) is 0 Å². The SMILES string of the molecule is CC(C)CNCC1(CN2CCCC(C)(O)C2)CCOCC1. The summed E-state index contributed by atoms with van der Waals surface area (Å²) in [4.78, 5) is 2.48. The zero-order valence-corrected chi connectivity index (χ0v) is 14.2. The van der Waals surface area contributed by atoms with E-state index in [0.717, 1.165) is 71.6 Å². The summed E-state index contributed by atoms with van der Waals surface area (Å²) in [6.45, 7) is 13.5. The van der Waals surface area contributed by atoms with Crippen LogP contribution in [-0.2, 0) is 4.74 Å². The highest BCUT2D eigenvalue weighted by atomic mass is 16.5. The summed E-state index contributed by atoms with van der Waals surface area (Å²) in [6, 6.07) is 0. The second-order valence-corrected chi connectivity index (χ2v) is 7.95. The molecule has 2 saturated heterocycles. The minimum Gasteiger partial charge on any atom is -0.389 e. The van der Waals surface area contributed by atoms with Crippen LogP contribution in [0, 0.1) is 11.3 Å². The third-order valence-corrected chi connectivity index (χ3v) is 4.92. The van der Waals surface area contributed by atoms with Crippen molar-refractivity contribution in [3.63, 3.8) is 0 Å². The van der Waals surface area contributed by atoms with Gasteiger partial charge in [0.15, 0.2) is 0 Å². The van der Waals surface area contributed by atoms with Crippen LogP contribution in [0.2, 0.25) is 0 Å². The summed E-state index contributed by atoms with van der Waals surface area (Å²) in [7, 11) is 0. The lowest BCUT2D eigenvalue weighted by molar-refractivity contribution is -0.0497. The Balaban J connectivity index is 1.92. The van der Waals surface area contributed by atoms with E-state index < -0.39 is 5.60 Å². The highest BCUT2D eigenvalue weighted by molar-refractivity contribution is 4.91. The molecule has 2 heterocycles. The van der Waals surface area contributed by atoms with Crippen LogP contribution in [0.3, 0.4) is 0 Å². The first-order valence-electron chi connectivity index (χ1n) is 8.64. The zero-order valence-electron chi connectivity index (χ0n) is 14.2. The Morgan fingerprint density at radius 3 is 2.57 bits per heavy atom. The van der Waals surface area contributed by atoms with Crippen LogP contribution in [0.4, 0.5) is 0 Å². The molecule has 2 N–H and O–H groups in total. The van der Waals surface area contributed by atoms with Crippen LogP contribution in [0.25, 0.3) is 0 Å². The molecule has 4 heteroatoms. The monoisotopic (exact) mass is 298 g/mol. The average Bonchev–Trinajstić information content (AvgIpc) is 2.38. The topological polar surface area (TPSA) is 44.7 Å². The molecule has 0 spiro atoms. The van der Waals surface area contributed by atoms with E-state index in [-0.39, 0.29) is 0 Å². The number of ether oxygens (including phenoxy) is 1. The van der Waals surface area contributed by atoms with E-state index in [1.54, 1.807) is 0 Å². The Morgan fingerprint density at radius 1 is 1.24 bits per heavy atom. The van der Waals surface area contributed by atoms with Gasteiger partial charge in [0.1, 0.15) is 0 Å². The molecule has 124 valence electrons. The molecule has 0 radical (unpaired) electrons. The quantitative estimate of drug-likeness (QED) is 0.786. The average molecular weight is 298 g/mol. The van der Waals surface area contributed by atoms with Gasteiger partial charge in [-0.25, -0.2) is 0 Å². The minimum absolute atomic E-state index is 0.320. The summed E-state index contributed by atoms with van der Waals surface area (Å²) in [5, 5.41) is 14.0. The van der Waals surface area contributed by atoms with Gasteiger partial charge in [0.25, 0.3) is 0 Å². The predicted octanol–water partition coefficient (Wildman–Crippen LogP) is 1.88. The number of rotatable bonds is 6. The maximum Gasteiger partial charge on any atom is 0.0746 e. The number of likely N-dealkylation sites (tertiary alicyclic amines) is 1. The largest absolute Gasteiger partial charge is 0.389 e. The van der Waals surface area contributed by atoms with Gasteiger partial charge in [-0.3, -0.25) is 4.90 Å². The maximum absolute atomic E-state index is 10.3.